The zero-order valence-electron chi connectivity index (χ0n) is 15.0. The number of hydrogen-bond acceptors (Lipinski definition) is 6. The van der Waals surface area contributed by atoms with Gasteiger partial charge in [0.05, 0.1) is 4.90 Å². The summed E-state index contributed by atoms with van der Waals surface area (Å²) in [7, 11) is -3.88. The van der Waals surface area contributed by atoms with Crippen molar-refractivity contribution < 1.29 is 28.5 Å². The smallest absolute Gasteiger partial charge is 0.262 e. The summed E-state index contributed by atoms with van der Waals surface area (Å²) in [6.45, 7) is 0. The van der Waals surface area contributed by atoms with Crippen molar-refractivity contribution in [1.29, 1.82) is 0 Å². The van der Waals surface area contributed by atoms with Crippen molar-refractivity contribution >= 4 is 27.6 Å². The molecular formula is C21H17NO6S. The molecule has 29 heavy (non-hydrogen) atoms. The molecule has 8 heteroatoms. The molecule has 7 nitrogen and oxygen atoms in total. The fourth-order valence-electron chi connectivity index (χ4n) is 2.50. The van der Waals surface area contributed by atoms with Crippen LogP contribution in [0.25, 0.3) is 6.08 Å². The first-order chi connectivity index (χ1) is 13.7. The summed E-state index contributed by atoms with van der Waals surface area (Å²) in [6.07, 6.45) is 2.67. The van der Waals surface area contributed by atoms with Crippen LogP contribution < -0.4 is 4.72 Å². The van der Waals surface area contributed by atoms with Gasteiger partial charge in [-0.15, -0.1) is 0 Å². The van der Waals surface area contributed by atoms with Gasteiger partial charge in [-0.1, -0.05) is 6.07 Å². The number of carbonyl (C=O) groups excluding carboxylic acids is 1. The SMILES string of the molecule is O=C(/C=C/c1ccc(O)cc1O)c1ccc(NS(=O)(=O)c2cccc(O)c2)cc1. The molecule has 0 atom stereocenters. The van der Waals surface area contributed by atoms with Crippen LogP contribution in [0.3, 0.4) is 0 Å². The Balaban J connectivity index is 1.72. The molecule has 0 fully saturated rings. The van der Waals surface area contributed by atoms with E-state index in [9.17, 15) is 28.5 Å². The van der Waals surface area contributed by atoms with E-state index in [1.54, 1.807) is 0 Å². The molecule has 0 aromatic heterocycles. The number of phenolic OH excluding ortho intramolecular Hbond substituents is 3. The van der Waals surface area contributed by atoms with Gasteiger partial charge in [0.1, 0.15) is 17.2 Å². The van der Waals surface area contributed by atoms with Gasteiger partial charge in [-0.2, -0.15) is 0 Å². The summed E-state index contributed by atoms with van der Waals surface area (Å²) in [4.78, 5) is 12.2. The molecule has 0 aliphatic rings. The van der Waals surface area contributed by atoms with E-state index < -0.39 is 10.0 Å². The van der Waals surface area contributed by atoms with Gasteiger partial charge in [-0.3, -0.25) is 9.52 Å². The molecule has 0 amide bonds. The zero-order chi connectivity index (χ0) is 21.0. The Bertz CT molecular complexity index is 1180. The maximum absolute atomic E-state index is 12.3. The van der Waals surface area contributed by atoms with Crippen LogP contribution in [0.15, 0.2) is 77.7 Å². The Kier molecular flexibility index (Phi) is 5.56. The highest BCUT2D eigenvalue weighted by Gasteiger charge is 2.15. The van der Waals surface area contributed by atoms with Gasteiger partial charge in [0, 0.05) is 28.9 Å². The minimum absolute atomic E-state index is 0.0882. The fraction of sp³-hybridized carbons (Fsp3) is 0. The molecule has 4 N–H and O–H groups in total. The normalized spacial score (nSPS) is 11.4. The highest BCUT2D eigenvalue weighted by molar-refractivity contribution is 7.92. The highest BCUT2D eigenvalue weighted by atomic mass is 32.2. The van der Waals surface area contributed by atoms with E-state index in [0.29, 0.717) is 11.1 Å². The van der Waals surface area contributed by atoms with E-state index in [2.05, 4.69) is 4.72 Å². The third kappa shape index (κ3) is 4.94. The van der Waals surface area contributed by atoms with Crippen LogP contribution in [-0.2, 0) is 10.0 Å². The number of benzene rings is 3. The molecule has 0 saturated carbocycles. The van der Waals surface area contributed by atoms with Gasteiger partial charge in [0.15, 0.2) is 5.78 Å². The number of phenols is 3. The van der Waals surface area contributed by atoms with E-state index in [1.807, 2.05) is 0 Å². The summed E-state index contributed by atoms with van der Waals surface area (Å²) < 4.78 is 27.1. The van der Waals surface area contributed by atoms with Crippen LogP contribution in [0.1, 0.15) is 15.9 Å². The monoisotopic (exact) mass is 411 g/mol. The first-order valence-electron chi connectivity index (χ1n) is 8.41. The lowest BCUT2D eigenvalue weighted by Gasteiger charge is -2.08. The van der Waals surface area contributed by atoms with Crippen molar-refractivity contribution in [2.45, 2.75) is 4.90 Å². The summed E-state index contributed by atoms with van der Waals surface area (Å²) in [5.41, 5.74) is 0.941. The summed E-state index contributed by atoms with van der Waals surface area (Å²) in [6, 6.07) is 15.1. The molecule has 0 aliphatic heterocycles. The van der Waals surface area contributed by atoms with Gasteiger partial charge in [-0.05, 0) is 60.7 Å². The van der Waals surface area contributed by atoms with Crippen molar-refractivity contribution in [3.63, 3.8) is 0 Å². The van der Waals surface area contributed by atoms with Crippen LogP contribution >= 0.6 is 0 Å². The van der Waals surface area contributed by atoms with Crippen molar-refractivity contribution in [3.8, 4) is 17.2 Å². The molecule has 0 heterocycles. The number of anilines is 1. The number of allylic oxidation sites excluding steroid dienone is 1. The molecule has 0 aliphatic carbocycles. The van der Waals surface area contributed by atoms with Crippen molar-refractivity contribution in [2.24, 2.45) is 0 Å². The number of hydrogen-bond donors (Lipinski definition) is 4. The van der Waals surface area contributed by atoms with Crippen LogP contribution in [0.5, 0.6) is 17.2 Å². The van der Waals surface area contributed by atoms with Gasteiger partial charge in [-0.25, -0.2) is 8.42 Å². The van der Waals surface area contributed by atoms with E-state index in [1.165, 1.54) is 66.7 Å². The number of rotatable bonds is 6. The molecule has 0 saturated heterocycles. The van der Waals surface area contributed by atoms with Crippen LogP contribution in [0.4, 0.5) is 5.69 Å². The topological polar surface area (TPSA) is 124 Å². The predicted octanol–water partition coefficient (Wildman–Crippen LogP) is 3.50. The van der Waals surface area contributed by atoms with E-state index in [4.69, 9.17) is 0 Å². The molecule has 0 spiro atoms. The molecule has 3 aromatic rings. The number of nitrogens with one attached hydrogen (secondary N) is 1. The summed E-state index contributed by atoms with van der Waals surface area (Å²) in [5.74, 6) is -0.763. The molecule has 3 rings (SSSR count). The van der Waals surface area contributed by atoms with Crippen LogP contribution in [0, 0.1) is 0 Å². The maximum Gasteiger partial charge on any atom is 0.262 e. The van der Waals surface area contributed by atoms with E-state index in [0.717, 1.165) is 12.1 Å². The second kappa shape index (κ2) is 8.07. The maximum atomic E-state index is 12.3. The standard InChI is InChI=1S/C21H17NO6S/c23-17-2-1-3-19(12-17)29(27,28)22-16-8-4-14(5-9-16)20(25)11-7-15-6-10-18(24)13-21(15)26/h1-13,22-24,26H/b11-7+. The minimum Gasteiger partial charge on any atom is -0.508 e. The lowest BCUT2D eigenvalue weighted by atomic mass is 10.1. The lowest BCUT2D eigenvalue weighted by Crippen LogP contribution is -2.12. The Morgan fingerprint density at radius 3 is 2.21 bits per heavy atom. The Labute approximate surface area is 167 Å². The van der Waals surface area contributed by atoms with Crippen LogP contribution in [0.2, 0.25) is 0 Å². The van der Waals surface area contributed by atoms with Gasteiger partial charge < -0.3 is 15.3 Å². The predicted molar refractivity (Wildman–Crippen MR) is 108 cm³/mol. The van der Waals surface area contributed by atoms with Crippen molar-refractivity contribution in [3.05, 3.63) is 83.9 Å². The number of aromatic hydroxyl groups is 3. The van der Waals surface area contributed by atoms with Crippen molar-refractivity contribution in [2.75, 3.05) is 4.72 Å². The number of ketones is 1. The summed E-state index contributed by atoms with van der Waals surface area (Å²) >= 11 is 0. The first-order valence-corrected chi connectivity index (χ1v) is 9.89. The van der Waals surface area contributed by atoms with Gasteiger partial charge >= 0.3 is 0 Å². The van der Waals surface area contributed by atoms with Gasteiger partial charge in [0.2, 0.25) is 0 Å². The van der Waals surface area contributed by atoms with Crippen molar-refractivity contribution in [1.82, 2.24) is 0 Å². The Morgan fingerprint density at radius 1 is 0.862 bits per heavy atom. The largest absolute Gasteiger partial charge is 0.508 e. The second-order valence-corrected chi connectivity index (χ2v) is 7.80. The van der Waals surface area contributed by atoms with Crippen LogP contribution in [-0.4, -0.2) is 29.5 Å². The number of carbonyl (C=O) groups is 1. The fourth-order valence-corrected chi connectivity index (χ4v) is 3.60. The average Bonchev–Trinajstić information content (AvgIpc) is 2.67. The molecule has 148 valence electrons. The lowest BCUT2D eigenvalue weighted by molar-refractivity contribution is 0.104. The Morgan fingerprint density at radius 2 is 1.55 bits per heavy atom. The molecule has 0 radical (unpaired) electrons. The third-order valence-electron chi connectivity index (χ3n) is 3.98. The molecular weight excluding hydrogens is 394 g/mol. The highest BCUT2D eigenvalue weighted by Crippen LogP contribution is 2.24. The number of sulfonamides is 1. The third-order valence-corrected chi connectivity index (χ3v) is 5.36. The quantitative estimate of drug-likeness (QED) is 0.364. The van der Waals surface area contributed by atoms with E-state index in [-0.39, 0.29) is 33.6 Å². The minimum atomic E-state index is -3.88. The molecule has 3 aromatic carbocycles. The zero-order valence-corrected chi connectivity index (χ0v) is 15.8. The second-order valence-electron chi connectivity index (χ2n) is 6.12. The average molecular weight is 411 g/mol. The first kappa shape index (κ1) is 20.0. The van der Waals surface area contributed by atoms with E-state index >= 15 is 0 Å². The Hall–Kier alpha value is -3.78. The molecule has 0 unspecified atom stereocenters. The van der Waals surface area contributed by atoms with Gasteiger partial charge in [0.25, 0.3) is 10.0 Å². The molecule has 0 bridgehead atoms. The summed E-state index contributed by atoms with van der Waals surface area (Å²) in [5, 5.41) is 28.4.